The van der Waals surface area contributed by atoms with E-state index in [2.05, 4.69) is 5.32 Å². The maximum atomic E-state index is 12.5. The normalized spacial score (nSPS) is 11.5. The average Bonchev–Trinajstić information content (AvgIpc) is 2.57. The molecule has 0 spiro atoms. The first-order valence-corrected chi connectivity index (χ1v) is 8.47. The van der Waals surface area contributed by atoms with Crippen molar-refractivity contribution in [3.05, 3.63) is 48.0 Å². The number of hydrogen-bond donors (Lipinski definition) is 1. The van der Waals surface area contributed by atoms with E-state index in [4.69, 9.17) is 14.2 Å². The molecule has 0 aliphatic rings. The van der Waals surface area contributed by atoms with Crippen molar-refractivity contribution in [2.24, 2.45) is 0 Å². The first kappa shape index (κ1) is 18.6. The zero-order valence-corrected chi connectivity index (χ0v) is 15.2. The number of hydrogen-bond acceptors (Lipinski definition) is 4. The summed E-state index contributed by atoms with van der Waals surface area (Å²) in [6.45, 7) is 8.55. The third-order valence-corrected chi connectivity index (χ3v) is 3.49. The smallest absolute Gasteiger partial charge is 0.265 e. The van der Waals surface area contributed by atoms with Crippen LogP contribution in [0.1, 0.15) is 26.3 Å². The fraction of sp³-hybridized carbons (Fsp3) is 0.350. The van der Waals surface area contributed by atoms with Crippen LogP contribution in [0.4, 0.5) is 5.69 Å². The lowest BCUT2D eigenvalue weighted by Crippen LogP contribution is -2.30. The van der Waals surface area contributed by atoms with Crippen LogP contribution >= 0.6 is 0 Å². The highest BCUT2D eigenvalue weighted by Gasteiger charge is 2.17. The van der Waals surface area contributed by atoms with Crippen LogP contribution in [0.2, 0.25) is 0 Å². The largest absolute Gasteiger partial charge is 0.494 e. The zero-order valence-electron chi connectivity index (χ0n) is 15.2. The Morgan fingerprint density at radius 2 is 1.80 bits per heavy atom. The second kappa shape index (κ2) is 8.97. The number of aryl methyl sites for hydroxylation is 1. The quantitative estimate of drug-likeness (QED) is 0.780. The summed E-state index contributed by atoms with van der Waals surface area (Å²) in [5.41, 5.74) is 1.64. The van der Waals surface area contributed by atoms with Crippen LogP contribution in [0.3, 0.4) is 0 Å². The number of carbonyl (C=O) groups excluding carboxylic acids is 1. The summed E-state index contributed by atoms with van der Waals surface area (Å²) >= 11 is 0. The van der Waals surface area contributed by atoms with Gasteiger partial charge in [-0.25, -0.2) is 0 Å². The van der Waals surface area contributed by atoms with Crippen molar-refractivity contribution < 1.29 is 19.0 Å². The fourth-order valence-electron chi connectivity index (χ4n) is 2.33. The summed E-state index contributed by atoms with van der Waals surface area (Å²) < 4.78 is 16.8. The molecule has 1 atom stereocenters. The molecular formula is C20H25NO4. The number of nitrogens with one attached hydrogen (secondary N) is 1. The molecule has 0 saturated carbocycles. The van der Waals surface area contributed by atoms with Crippen molar-refractivity contribution in [1.82, 2.24) is 0 Å². The summed E-state index contributed by atoms with van der Waals surface area (Å²) in [4.78, 5) is 12.5. The number of anilines is 1. The molecular weight excluding hydrogens is 318 g/mol. The average molecular weight is 343 g/mol. The Labute approximate surface area is 148 Å². The van der Waals surface area contributed by atoms with Gasteiger partial charge in [-0.3, -0.25) is 4.79 Å². The van der Waals surface area contributed by atoms with E-state index in [1.54, 1.807) is 19.1 Å². The Morgan fingerprint density at radius 1 is 1.04 bits per heavy atom. The summed E-state index contributed by atoms with van der Waals surface area (Å²) in [6.07, 6.45) is -0.646. The highest BCUT2D eigenvalue weighted by molar-refractivity contribution is 5.95. The van der Waals surface area contributed by atoms with Crippen LogP contribution in [0, 0.1) is 6.92 Å². The topological polar surface area (TPSA) is 56.8 Å². The second-order valence-electron chi connectivity index (χ2n) is 5.59. The summed E-state index contributed by atoms with van der Waals surface area (Å²) in [5.74, 6) is 1.68. The van der Waals surface area contributed by atoms with Gasteiger partial charge in [0.1, 0.15) is 17.2 Å². The minimum Gasteiger partial charge on any atom is -0.494 e. The molecule has 1 N–H and O–H groups in total. The van der Waals surface area contributed by atoms with Gasteiger partial charge in [-0.2, -0.15) is 0 Å². The van der Waals surface area contributed by atoms with Crippen LogP contribution in [0.25, 0.3) is 0 Å². The molecule has 0 aliphatic carbocycles. The molecule has 0 radical (unpaired) electrons. The van der Waals surface area contributed by atoms with Gasteiger partial charge in [0, 0.05) is 6.07 Å². The van der Waals surface area contributed by atoms with E-state index in [-0.39, 0.29) is 5.91 Å². The van der Waals surface area contributed by atoms with Crippen LogP contribution in [-0.2, 0) is 4.79 Å². The lowest BCUT2D eigenvalue weighted by molar-refractivity contribution is -0.122. The Balaban J connectivity index is 2.10. The van der Waals surface area contributed by atoms with Gasteiger partial charge in [-0.1, -0.05) is 12.1 Å². The number of benzene rings is 2. The van der Waals surface area contributed by atoms with E-state index in [0.29, 0.717) is 36.1 Å². The van der Waals surface area contributed by atoms with Gasteiger partial charge in [0.2, 0.25) is 0 Å². The van der Waals surface area contributed by atoms with Gasteiger partial charge in [0.15, 0.2) is 6.10 Å². The maximum absolute atomic E-state index is 12.5. The van der Waals surface area contributed by atoms with E-state index < -0.39 is 6.10 Å². The molecule has 2 rings (SSSR count). The molecule has 0 aliphatic heterocycles. The van der Waals surface area contributed by atoms with E-state index in [0.717, 1.165) is 5.56 Å². The minimum atomic E-state index is -0.646. The molecule has 0 unspecified atom stereocenters. The Bertz CT molecular complexity index is 715. The molecule has 0 saturated heterocycles. The Hall–Kier alpha value is -2.69. The number of ether oxygens (including phenoxy) is 3. The molecule has 1 amide bonds. The summed E-state index contributed by atoms with van der Waals surface area (Å²) in [6, 6.07) is 13.0. The molecule has 0 fully saturated rings. The Kier molecular flexibility index (Phi) is 6.69. The molecule has 5 heteroatoms. The first-order chi connectivity index (χ1) is 12.0. The highest BCUT2D eigenvalue weighted by Crippen LogP contribution is 2.29. The third kappa shape index (κ3) is 5.41. The van der Waals surface area contributed by atoms with Crippen molar-refractivity contribution >= 4 is 11.6 Å². The van der Waals surface area contributed by atoms with Gasteiger partial charge in [0.05, 0.1) is 18.9 Å². The van der Waals surface area contributed by atoms with Gasteiger partial charge in [0.25, 0.3) is 5.91 Å². The van der Waals surface area contributed by atoms with Crippen LogP contribution in [-0.4, -0.2) is 25.2 Å². The molecule has 134 valence electrons. The third-order valence-electron chi connectivity index (χ3n) is 3.49. The van der Waals surface area contributed by atoms with E-state index in [9.17, 15) is 4.79 Å². The molecule has 0 aromatic heterocycles. The van der Waals surface area contributed by atoms with Crippen molar-refractivity contribution in [1.29, 1.82) is 0 Å². The zero-order chi connectivity index (χ0) is 18.2. The van der Waals surface area contributed by atoms with Crippen LogP contribution < -0.4 is 19.5 Å². The number of rotatable bonds is 8. The molecule has 2 aromatic carbocycles. The molecule has 0 bridgehead atoms. The second-order valence-corrected chi connectivity index (χ2v) is 5.59. The van der Waals surface area contributed by atoms with Gasteiger partial charge in [-0.15, -0.1) is 0 Å². The maximum Gasteiger partial charge on any atom is 0.265 e. The minimum absolute atomic E-state index is 0.254. The van der Waals surface area contributed by atoms with E-state index in [1.165, 1.54) is 0 Å². The lowest BCUT2D eigenvalue weighted by atomic mass is 10.2. The van der Waals surface area contributed by atoms with Crippen molar-refractivity contribution in [3.63, 3.8) is 0 Å². The van der Waals surface area contributed by atoms with Crippen molar-refractivity contribution in [3.8, 4) is 17.2 Å². The molecule has 2 aromatic rings. The number of amides is 1. The fourth-order valence-corrected chi connectivity index (χ4v) is 2.33. The van der Waals surface area contributed by atoms with Crippen LogP contribution in [0.15, 0.2) is 42.5 Å². The SMILES string of the molecule is CCOc1ccc(OCC)c(NC(=O)[C@@H](C)Oc2cccc(C)c2)c1. The highest BCUT2D eigenvalue weighted by atomic mass is 16.5. The number of carbonyl (C=O) groups is 1. The molecule has 5 nitrogen and oxygen atoms in total. The van der Waals surface area contributed by atoms with E-state index in [1.807, 2.05) is 51.1 Å². The lowest BCUT2D eigenvalue weighted by Gasteiger charge is -2.17. The predicted octanol–water partition coefficient (Wildman–Crippen LogP) is 4.20. The monoisotopic (exact) mass is 343 g/mol. The Morgan fingerprint density at radius 3 is 2.48 bits per heavy atom. The summed E-state index contributed by atoms with van der Waals surface area (Å²) in [7, 11) is 0. The van der Waals surface area contributed by atoms with Gasteiger partial charge >= 0.3 is 0 Å². The van der Waals surface area contributed by atoms with Crippen molar-refractivity contribution in [2.75, 3.05) is 18.5 Å². The summed E-state index contributed by atoms with van der Waals surface area (Å²) in [5, 5.41) is 2.86. The van der Waals surface area contributed by atoms with Gasteiger partial charge in [-0.05, 0) is 57.5 Å². The van der Waals surface area contributed by atoms with Crippen molar-refractivity contribution in [2.45, 2.75) is 33.8 Å². The van der Waals surface area contributed by atoms with E-state index >= 15 is 0 Å². The van der Waals surface area contributed by atoms with Gasteiger partial charge < -0.3 is 19.5 Å². The molecule has 0 heterocycles. The predicted molar refractivity (Wildman–Crippen MR) is 98.7 cm³/mol. The molecule has 25 heavy (non-hydrogen) atoms. The first-order valence-electron chi connectivity index (χ1n) is 8.47. The standard InChI is InChI=1S/C20H25NO4/c1-5-23-16-10-11-19(24-6-2)18(13-16)21-20(22)15(4)25-17-9-7-8-14(3)12-17/h7-13,15H,5-6H2,1-4H3,(H,21,22)/t15-/m1/s1. The van der Waals surface area contributed by atoms with Crippen LogP contribution in [0.5, 0.6) is 17.2 Å².